The molecule has 0 saturated carbocycles. The van der Waals surface area contributed by atoms with Crippen molar-refractivity contribution in [2.75, 3.05) is 0 Å². The van der Waals surface area contributed by atoms with Crippen LogP contribution in [-0.2, 0) is 5.41 Å². The van der Waals surface area contributed by atoms with E-state index in [0.29, 0.717) is 0 Å². The summed E-state index contributed by atoms with van der Waals surface area (Å²) in [6, 6.07) is 65.2. The number of thiophene rings is 1. The van der Waals surface area contributed by atoms with E-state index in [1.165, 1.54) is 48.9 Å². The Morgan fingerprint density at radius 3 is 1.84 bits per heavy atom. The number of nitrogens with zero attached hydrogens (tertiary/aromatic N) is 2. The van der Waals surface area contributed by atoms with E-state index in [0.717, 1.165) is 60.9 Å². The van der Waals surface area contributed by atoms with Crippen LogP contribution in [0.3, 0.4) is 0 Å². The lowest BCUT2D eigenvalue weighted by Crippen LogP contribution is -2.32. The van der Waals surface area contributed by atoms with Crippen molar-refractivity contribution in [1.82, 2.24) is 9.97 Å². The number of para-hydroxylation sites is 2. The van der Waals surface area contributed by atoms with Crippen LogP contribution in [0.4, 0.5) is 0 Å². The van der Waals surface area contributed by atoms with Crippen LogP contribution in [0.5, 0.6) is 11.5 Å². The lowest BCUT2D eigenvalue weighted by Gasteiger charge is -2.39. The summed E-state index contributed by atoms with van der Waals surface area (Å²) in [5.41, 5.74) is 13.1. The van der Waals surface area contributed by atoms with Crippen LogP contribution < -0.4 is 4.74 Å². The number of hydrogen-bond donors (Lipinski definition) is 0. The van der Waals surface area contributed by atoms with E-state index in [1.807, 2.05) is 0 Å². The monoisotopic (exact) mass is 718 g/mol. The van der Waals surface area contributed by atoms with Gasteiger partial charge in [0.1, 0.15) is 11.5 Å². The van der Waals surface area contributed by atoms with Gasteiger partial charge in [0.2, 0.25) is 0 Å². The molecule has 0 bridgehead atoms. The van der Waals surface area contributed by atoms with Crippen molar-refractivity contribution in [2.24, 2.45) is 0 Å². The molecule has 3 nitrogen and oxygen atoms in total. The molecule has 0 unspecified atom stereocenters. The molecular weight excluding hydrogens is 689 g/mol. The minimum atomic E-state index is -0.556. The summed E-state index contributed by atoms with van der Waals surface area (Å²) < 4.78 is 8.90. The lowest BCUT2D eigenvalue weighted by molar-refractivity contribution is 0.436. The first-order chi connectivity index (χ1) is 27.3. The fourth-order valence-corrected chi connectivity index (χ4v) is 10.4. The van der Waals surface area contributed by atoms with Crippen molar-refractivity contribution in [2.45, 2.75) is 5.41 Å². The molecule has 1 aliphatic heterocycles. The maximum Gasteiger partial charge on any atom is 0.160 e. The van der Waals surface area contributed by atoms with Gasteiger partial charge in [0.05, 0.1) is 21.3 Å². The largest absolute Gasteiger partial charge is 0.457 e. The Morgan fingerprint density at radius 2 is 1.02 bits per heavy atom. The third-order valence-electron chi connectivity index (χ3n) is 11.6. The molecule has 4 heteroatoms. The molecule has 8 aromatic carbocycles. The molecule has 0 saturated heterocycles. The van der Waals surface area contributed by atoms with Crippen LogP contribution in [0.15, 0.2) is 182 Å². The Morgan fingerprint density at radius 1 is 0.436 bits per heavy atom. The number of ether oxygens (including phenoxy) is 1. The lowest BCUT2D eigenvalue weighted by atomic mass is 9.66. The Labute approximate surface area is 321 Å². The number of aromatic nitrogens is 2. The summed E-state index contributed by atoms with van der Waals surface area (Å²) in [5.74, 6) is 2.49. The maximum absolute atomic E-state index is 6.60. The molecule has 1 spiro atoms. The van der Waals surface area contributed by atoms with E-state index < -0.39 is 5.41 Å². The minimum absolute atomic E-state index is 0.556. The van der Waals surface area contributed by atoms with E-state index in [1.54, 1.807) is 11.3 Å². The van der Waals surface area contributed by atoms with E-state index in [-0.39, 0.29) is 0 Å². The zero-order chi connectivity index (χ0) is 36.1. The predicted octanol–water partition coefficient (Wildman–Crippen LogP) is 13.5. The smallest absolute Gasteiger partial charge is 0.160 e. The van der Waals surface area contributed by atoms with Crippen molar-refractivity contribution < 1.29 is 4.74 Å². The third kappa shape index (κ3) is 4.26. The summed E-state index contributed by atoms with van der Waals surface area (Å²) >= 11 is 1.77. The average molecular weight is 719 g/mol. The van der Waals surface area contributed by atoms with Crippen LogP contribution >= 0.6 is 11.3 Å². The van der Waals surface area contributed by atoms with Gasteiger partial charge in [0, 0.05) is 32.3 Å². The molecule has 0 atom stereocenters. The van der Waals surface area contributed by atoms with Gasteiger partial charge in [-0.05, 0) is 62.4 Å². The molecule has 10 aromatic rings. The SMILES string of the molecule is c1ccc2c(c1)Oc1ccccc1C21c2ccccc2-c2c(-c3nc(-c4ccc(-c5cccc6ccccc56)cc4)nc4c3sc3ccccc34)cccc21. The van der Waals surface area contributed by atoms with Crippen LogP contribution in [0.1, 0.15) is 22.3 Å². The zero-order valence-electron chi connectivity index (χ0n) is 29.5. The number of hydrogen-bond acceptors (Lipinski definition) is 4. The highest BCUT2D eigenvalue weighted by molar-refractivity contribution is 7.26. The fraction of sp³-hybridized carbons (Fsp3) is 0.0196. The second-order valence-electron chi connectivity index (χ2n) is 14.4. The van der Waals surface area contributed by atoms with E-state index in [4.69, 9.17) is 14.7 Å². The molecule has 2 aromatic heterocycles. The summed E-state index contributed by atoms with van der Waals surface area (Å²) in [7, 11) is 0. The van der Waals surface area contributed by atoms with Crippen molar-refractivity contribution in [3.05, 3.63) is 204 Å². The molecule has 0 N–H and O–H groups in total. The normalized spacial score (nSPS) is 13.4. The third-order valence-corrected chi connectivity index (χ3v) is 12.8. The maximum atomic E-state index is 6.60. The first-order valence-corrected chi connectivity index (χ1v) is 19.5. The van der Waals surface area contributed by atoms with Gasteiger partial charge >= 0.3 is 0 Å². The summed E-state index contributed by atoms with van der Waals surface area (Å²) in [6.45, 7) is 0. The van der Waals surface area contributed by atoms with Gasteiger partial charge in [-0.3, -0.25) is 0 Å². The van der Waals surface area contributed by atoms with Crippen LogP contribution in [0, 0.1) is 0 Å². The van der Waals surface area contributed by atoms with Gasteiger partial charge in [-0.2, -0.15) is 0 Å². The van der Waals surface area contributed by atoms with Gasteiger partial charge in [-0.1, -0.05) is 164 Å². The standard InChI is InChI=1S/C51H30N2OS/c1-2-15-34-31(13-1)14-11-18-35(34)32-27-29-33(30-28-32)50-52-47-37-17-4-10-26-45(37)55-49(47)48(53-50)38-19-12-23-42-46(38)36-16-3-5-20-39(36)51(42)40-21-6-8-24-43(40)54-44-25-9-7-22-41(44)51/h1-30H. The highest BCUT2D eigenvalue weighted by Crippen LogP contribution is 2.63. The molecular formula is C51H30N2OS. The van der Waals surface area contributed by atoms with Gasteiger partial charge < -0.3 is 4.74 Å². The summed E-state index contributed by atoms with van der Waals surface area (Å²) in [4.78, 5) is 10.9. The number of rotatable bonds is 3. The highest BCUT2D eigenvalue weighted by atomic mass is 32.1. The second kappa shape index (κ2) is 11.6. The molecule has 55 heavy (non-hydrogen) atoms. The molecule has 0 amide bonds. The van der Waals surface area contributed by atoms with Crippen LogP contribution in [-0.4, -0.2) is 9.97 Å². The van der Waals surface area contributed by atoms with E-state index in [2.05, 4.69) is 182 Å². The van der Waals surface area contributed by atoms with Gasteiger partial charge in [-0.15, -0.1) is 11.3 Å². The Hall–Kier alpha value is -6.88. The van der Waals surface area contributed by atoms with Crippen molar-refractivity contribution in [1.29, 1.82) is 0 Å². The first-order valence-electron chi connectivity index (χ1n) is 18.7. The molecule has 0 radical (unpaired) electrons. The quantitative estimate of drug-likeness (QED) is 0.182. The van der Waals surface area contributed by atoms with Crippen LogP contribution in [0.2, 0.25) is 0 Å². The predicted molar refractivity (Wildman–Crippen MR) is 226 cm³/mol. The molecule has 3 heterocycles. The molecule has 12 rings (SSSR count). The summed E-state index contributed by atoms with van der Waals surface area (Å²) in [6.07, 6.45) is 0. The molecule has 1 aliphatic carbocycles. The van der Waals surface area contributed by atoms with E-state index >= 15 is 0 Å². The molecule has 2 aliphatic rings. The van der Waals surface area contributed by atoms with Crippen LogP contribution in [0.25, 0.3) is 76.0 Å². The fourth-order valence-electron chi connectivity index (χ4n) is 9.28. The topological polar surface area (TPSA) is 35.0 Å². The average Bonchev–Trinajstić information content (AvgIpc) is 3.78. The van der Waals surface area contributed by atoms with Crippen molar-refractivity contribution in [3.8, 4) is 56.4 Å². The molecule has 256 valence electrons. The van der Waals surface area contributed by atoms with Gasteiger partial charge in [-0.25, -0.2) is 9.97 Å². The molecule has 0 fully saturated rings. The summed E-state index contributed by atoms with van der Waals surface area (Å²) in [5, 5.41) is 3.63. The Balaban J connectivity index is 1.12. The van der Waals surface area contributed by atoms with Gasteiger partial charge in [0.15, 0.2) is 5.82 Å². The Bertz CT molecular complexity index is 3150. The minimum Gasteiger partial charge on any atom is -0.457 e. The highest BCUT2D eigenvalue weighted by Gasteiger charge is 2.51. The van der Waals surface area contributed by atoms with Crippen molar-refractivity contribution >= 4 is 42.4 Å². The zero-order valence-corrected chi connectivity index (χ0v) is 30.3. The van der Waals surface area contributed by atoms with Crippen molar-refractivity contribution in [3.63, 3.8) is 0 Å². The second-order valence-corrected chi connectivity index (χ2v) is 15.4. The number of benzene rings is 8. The number of fused-ring (bicyclic) bond motifs is 13. The van der Waals surface area contributed by atoms with Gasteiger partial charge in [0.25, 0.3) is 0 Å². The Kier molecular flexibility index (Phi) is 6.42. The first kappa shape index (κ1) is 30.6. The van der Waals surface area contributed by atoms with E-state index in [9.17, 15) is 0 Å².